The van der Waals surface area contributed by atoms with E-state index in [2.05, 4.69) is 35.6 Å². The highest BCUT2D eigenvalue weighted by molar-refractivity contribution is 6.35. The number of anilines is 2. The smallest absolute Gasteiger partial charge is 0.153 e. The molecule has 17 heavy (non-hydrogen) atoms. The maximum Gasteiger partial charge on any atom is 0.153 e. The molecule has 0 aliphatic carbocycles. The van der Waals surface area contributed by atoms with E-state index in [9.17, 15) is 0 Å². The summed E-state index contributed by atoms with van der Waals surface area (Å²) in [7, 11) is 0. The van der Waals surface area contributed by atoms with Crippen LogP contribution in [0.3, 0.4) is 0 Å². The molecule has 0 saturated carbocycles. The van der Waals surface area contributed by atoms with Crippen molar-refractivity contribution in [1.82, 2.24) is 9.97 Å². The third-order valence-electron chi connectivity index (χ3n) is 2.95. The van der Waals surface area contributed by atoms with Gasteiger partial charge >= 0.3 is 0 Å². The highest BCUT2D eigenvalue weighted by Crippen LogP contribution is 2.29. The lowest BCUT2D eigenvalue weighted by molar-refractivity contribution is 0.589. The minimum absolute atomic E-state index is 0.349. The third-order valence-corrected chi connectivity index (χ3v) is 3.31. The van der Waals surface area contributed by atoms with E-state index in [1.165, 1.54) is 6.33 Å². The molecule has 0 fully saturated rings. The number of nitrogen functional groups attached to an aromatic ring is 1. The number of hydrogen-bond acceptors (Lipinski definition) is 4. The maximum absolute atomic E-state index is 6.18. The SMILES string of the molecule is CCCCN(c1ncnc(N)c1Cl)C(C)CC. The van der Waals surface area contributed by atoms with Crippen LogP contribution in [0.15, 0.2) is 6.33 Å². The lowest BCUT2D eigenvalue weighted by atomic mass is 10.2. The number of nitrogens with two attached hydrogens (primary N) is 1. The molecule has 2 N–H and O–H groups in total. The topological polar surface area (TPSA) is 55.0 Å². The zero-order chi connectivity index (χ0) is 12.8. The summed E-state index contributed by atoms with van der Waals surface area (Å²) in [5.74, 6) is 1.10. The van der Waals surface area contributed by atoms with Gasteiger partial charge in [-0.25, -0.2) is 9.97 Å². The lowest BCUT2D eigenvalue weighted by Crippen LogP contribution is -2.34. The highest BCUT2D eigenvalue weighted by Gasteiger charge is 2.18. The Balaban J connectivity index is 2.99. The fraction of sp³-hybridized carbons (Fsp3) is 0.667. The maximum atomic E-state index is 6.18. The van der Waals surface area contributed by atoms with Gasteiger partial charge in [-0.2, -0.15) is 0 Å². The molecule has 1 heterocycles. The first-order valence-electron chi connectivity index (χ1n) is 6.14. The molecule has 0 aliphatic heterocycles. The van der Waals surface area contributed by atoms with Crippen molar-refractivity contribution in [2.24, 2.45) is 0 Å². The van der Waals surface area contributed by atoms with Crippen LogP contribution in [-0.4, -0.2) is 22.6 Å². The summed E-state index contributed by atoms with van der Waals surface area (Å²) >= 11 is 6.18. The highest BCUT2D eigenvalue weighted by atomic mass is 35.5. The van der Waals surface area contributed by atoms with Crippen molar-refractivity contribution in [2.45, 2.75) is 46.1 Å². The minimum atomic E-state index is 0.349. The predicted octanol–water partition coefficient (Wildman–Crippen LogP) is 3.12. The minimum Gasteiger partial charge on any atom is -0.382 e. The molecule has 1 rings (SSSR count). The zero-order valence-corrected chi connectivity index (χ0v) is 11.5. The quantitative estimate of drug-likeness (QED) is 0.850. The Morgan fingerprint density at radius 3 is 2.71 bits per heavy atom. The summed E-state index contributed by atoms with van der Waals surface area (Å²) in [5.41, 5.74) is 5.72. The van der Waals surface area contributed by atoms with Gasteiger partial charge in [0.1, 0.15) is 17.2 Å². The van der Waals surface area contributed by atoms with Crippen molar-refractivity contribution >= 4 is 23.2 Å². The van der Waals surface area contributed by atoms with Crippen molar-refractivity contribution in [2.75, 3.05) is 17.2 Å². The summed E-state index contributed by atoms with van der Waals surface area (Å²) in [6.07, 6.45) is 4.78. The standard InChI is InChI=1S/C12H21ClN4/c1-4-6-7-17(9(3)5-2)12-10(13)11(14)15-8-16-12/h8-9H,4-7H2,1-3H3,(H2,14,15,16). The number of aromatic nitrogens is 2. The van der Waals surface area contributed by atoms with E-state index < -0.39 is 0 Å². The monoisotopic (exact) mass is 256 g/mol. The molecule has 1 aromatic rings. The van der Waals surface area contributed by atoms with E-state index in [4.69, 9.17) is 17.3 Å². The second kappa shape index (κ2) is 6.64. The Hall–Kier alpha value is -1.03. The molecule has 4 nitrogen and oxygen atoms in total. The predicted molar refractivity (Wildman–Crippen MR) is 73.5 cm³/mol. The largest absolute Gasteiger partial charge is 0.382 e. The van der Waals surface area contributed by atoms with Gasteiger partial charge in [0.2, 0.25) is 0 Å². The van der Waals surface area contributed by atoms with Crippen molar-refractivity contribution in [1.29, 1.82) is 0 Å². The van der Waals surface area contributed by atoms with Crippen LogP contribution < -0.4 is 10.6 Å². The molecular formula is C12H21ClN4. The Bertz CT molecular complexity index is 356. The normalized spacial score (nSPS) is 12.5. The van der Waals surface area contributed by atoms with E-state index in [0.717, 1.165) is 31.6 Å². The Kier molecular flexibility index (Phi) is 5.48. The van der Waals surface area contributed by atoms with Crippen LogP contribution in [0.25, 0.3) is 0 Å². The second-order valence-electron chi connectivity index (χ2n) is 4.20. The average molecular weight is 257 g/mol. The molecule has 1 unspecified atom stereocenters. The van der Waals surface area contributed by atoms with Crippen molar-refractivity contribution < 1.29 is 0 Å². The number of unbranched alkanes of at least 4 members (excludes halogenated alkanes) is 1. The van der Waals surface area contributed by atoms with E-state index in [1.54, 1.807) is 0 Å². The van der Waals surface area contributed by atoms with Gasteiger partial charge in [0.05, 0.1) is 0 Å². The van der Waals surface area contributed by atoms with Gasteiger partial charge in [0, 0.05) is 12.6 Å². The Morgan fingerprint density at radius 1 is 1.41 bits per heavy atom. The zero-order valence-electron chi connectivity index (χ0n) is 10.8. The molecule has 1 aromatic heterocycles. The van der Waals surface area contributed by atoms with E-state index in [0.29, 0.717) is 16.9 Å². The van der Waals surface area contributed by atoms with Crippen LogP contribution in [0, 0.1) is 0 Å². The Labute approximate surface area is 108 Å². The molecule has 0 aromatic carbocycles. The Morgan fingerprint density at radius 2 is 2.12 bits per heavy atom. The molecule has 0 amide bonds. The van der Waals surface area contributed by atoms with Crippen LogP contribution in [0.2, 0.25) is 5.02 Å². The van der Waals surface area contributed by atoms with Crippen molar-refractivity contribution in [3.05, 3.63) is 11.3 Å². The fourth-order valence-corrected chi connectivity index (χ4v) is 1.86. The van der Waals surface area contributed by atoms with Gasteiger partial charge in [-0.1, -0.05) is 31.9 Å². The number of hydrogen-bond donors (Lipinski definition) is 1. The molecule has 5 heteroatoms. The number of rotatable bonds is 6. The first-order valence-corrected chi connectivity index (χ1v) is 6.52. The van der Waals surface area contributed by atoms with Crippen LogP contribution in [0.4, 0.5) is 11.6 Å². The number of nitrogens with zero attached hydrogens (tertiary/aromatic N) is 3. The van der Waals surface area contributed by atoms with Gasteiger partial charge in [0.15, 0.2) is 5.82 Å². The molecule has 96 valence electrons. The van der Waals surface area contributed by atoms with Crippen molar-refractivity contribution in [3.63, 3.8) is 0 Å². The van der Waals surface area contributed by atoms with Gasteiger partial charge in [-0.15, -0.1) is 0 Å². The van der Waals surface area contributed by atoms with Crippen LogP contribution >= 0.6 is 11.6 Å². The molecule has 1 atom stereocenters. The fourth-order valence-electron chi connectivity index (χ4n) is 1.66. The molecule has 0 bridgehead atoms. The van der Waals surface area contributed by atoms with E-state index in [1.807, 2.05) is 0 Å². The van der Waals surface area contributed by atoms with Gasteiger partial charge in [-0.05, 0) is 19.8 Å². The first kappa shape index (κ1) is 14.0. The molecular weight excluding hydrogens is 236 g/mol. The van der Waals surface area contributed by atoms with Crippen molar-refractivity contribution in [3.8, 4) is 0 Å². The summed E-state index contributed by atoms with van der Waals surface area (Å²) in [4.78, 5) is 10.4. The van der Waals surface area contributed by atoms with Crippen LogP contribution in [0.5, 0.6) is 0 Å². The van der Waals surface area contributed by atoms with Crippen LogP contribution in [-0.2, 0) is 0 Å². The van der Waals surface area contributed by atoms with Gasteiger partial charge in [-0.3, -0.25) is 0 Å². The van der Waals surface area contributed by atoms with Gasteiger partial charge in [0.25, 0.3) is 0 Å². The van der Waals surface area contributed by atoms with E-state index >= 15 is 0 Å². The van der Waals surface area contributed by atoms with E-state index in [-0.39, 0.29) is 0 Å². The summed E-state index contributed by atoms with van der Waals surface area (Å²) in [5, 5.41) is 0.462. The molecule has 0 radical (unpaired) electrons. The molecule has 0 saturated heterocycles. The molecule has 0 aliphatic rings. The van der Waals surface area contributed by atoms with Crippen LogP contribution in [0.1, 0.15) is 40.0 Å². The van der Waals surface area contributed by atoms with Gasteiger partial charge < -0.3 is 10.6 Å². The first-order chi connectivity index (χ1) is 8.11. The summed E-state index contributed by atoms with van der Waals surface area (Å²) in [6.45, 7) is 7.44. The molecule has 0 spiro atoms. The third kappa shape index (κ3) is 3.46. The second-order valence-corrected chi connectivity index (χ2v) is 4.58. The lowest BCUT2D eigenvalue weighted by Gasteiger charge is -2.30. The summed E-state index contributed by atoms with van der Waals surface area (Å²) in [6, 6.07) is 0.397. The number of halogens is 1. The summed E-state index contributed by atoms with van der Waals surface area (Å²) < 4.78 is 0. The average Bonchev–Trinajstić information content (AvgIpc) is 2.34.